The zero-order chi connectivity index (χ0) is 8.10. The van der Waals surface area contributed by atoms with E-state index in [-0.39, 0.29) is 0 Å². The summed E-state index contributed by atoms with van der Waals surface area (Å²) < 4.78 is 3.30. The zero-order valence-electron chi connectivity index (χ0n) is 6.96. The minimum atomic E-state index is -1.11. The summed E-state index contributed by atoms with van der Waals surface area (Å²) in [7, 11) is 0. The van der Waals surface area contributed by atoms with Gasteiger partial charge in [-0.25, -0.2) is 0 Å². The molecule has 0 saturated carbocycles. The van der Waals surface area contributed by atoms with Crippen LogP contribution in [0.1, 0.15) is 0 Å². The number of hydrogen-bond acceptors (Lipinski definition) is 2. The van der Waals surface area contributed by atoms with Crippen LogP contribution in [0.15, 0.2) is 30.3 Å². The Morgan fingerprint density at radius 2 is 1.73 bits per heavy atom. The van der Waals surface area contributed by atoms with Crippen LogP contribution >= 0.6 is 0 Å². The molecule has 11 heavy (non-hydrogen) atoms. The van der Waals surface area contributed by atoms with Crippen LogP contribution < -0.4 is 9.56 Å². The van der Waals surface area contributed by atoms with Crippen LogP contribution in [0.5, 0.6) is 0 Å². The third kappa shape index (κ3) is 3.50. The SMILES string of the molecule is [CH3][Ga]([CH3])[NH]Nc1ccccc1. The van der Waals surface area contributed by atoms with Crippen molar-refractivity contribution < 1.29 is 0 Å². The first-order chi connectivity index (χ1) is 5.29. The summed E-state index contributed by atoms with van der Waals surface area (Å²) in [5.41, 5.74) is 8.88. The third-order valence-electron chi connectivity index (χ3n) is 1.28. The van der Waals surface area contributed by atoms with E-state index in [9.17, 15) is 0 Å². The van der Waals surface area contributed by atoms with Crippen molar-refractivity contribution in [1.29, 1.82) is 0 Å². The molecule has 1 aromatic rings. The second-order valence-electron chi connectivity index (χ2n) is 2.79. The summed E-state index contributed by atoms with van der Waals surface area (Å²) >= 11 is -1.11. The van der Waals surface area contributed by atoms with E-state index in [0.717, 1.165) is 5.69 Å². The Hall–Kier alpha value is -0.384. The van der Waals surface area contributed by atoms with Crippen LogP contribution in [0.4, 0.5) is 5.69 Å². The first-order valence-corrected chi connectivity index (χ1v) is 9.91. The molecule has 0 aliphatic carbocycles. The van der Waals surface area contributed by atoms with Crippen LogP contribution in [-0.4, -0.2) is 16.5 Å². The van der Waals surface area contributed by atoms with E-state index in [1.807, 2.05) is 18.2 Å². The van der Waals surface area contributed by atoms with Gasteiger partial charge in [-0.1, -0.05) is 0 Å². The van der Waals surface area contributed by atoms with Crippen molar-refractivity contribution >= 4 is 22.1 Å². The van der Waals surface area contributed by atoms with E-state index < -0.39 is 16.5 Å². The molecular weight excluding hydrogens is 194 g/mol. The number of hydrazine groups is 1. The van der Waals surface area contributed by atoms with Crippen LogP contribution in [0.2, 0.25) is 11.0 Å². The molecule has 0 spiro atoms. The molecule has 0 aliphatic heterocycles. The zero-order valence-corrected chi connectivity index (χ0v) is 9.39. The molecule has 2 N–H and O–H groups in total. The monoisotopic (exact) mass is 206 g/mol. The quantitative estimate of drug-likeness (QED) is 0.583. The average molecular weight is 207 g/mol. The Balaban J connectivity index is 2.39. The molecule has 1 rings (SSSR count). The molecule has 0 atom stereocenters. The molecule has 3 heteroatoms. The molecule has 0 amide bonds. The van der Waals surface area contributed by atoms with Crippen LogP contribution in [0.3, 0.4) is 0 Å². The van der Waals surface area contributed by atoms with E-state index in [1.165, 1.54) is 0 Å². The Labute approximate surface area is 73.3 Å². The number of rotatable bonds is 3. The van der Waals surface area contributed by atoms with Gasteiger partial charge in [-0.05, 0) is 0 Å². The van der Waals surface area contributed by atoms with Gasteiger partial charge in [0, 0.05) is 0 Å². The van der Waals surface area contributed by atoms with Gasteiger partial charge in [0.25, 0.3) is 0 Å². The number of para-hydroxylation sites is 1. The van der Waals surface area contributed by atoms with Crippen molar-refractivity contribution in [3.05, 3.63) is 30.3 Å². The van der Waals surface area contributed by atoms with Crippen molar-refractivity contribution in [3.63, 3.8) is 0 Å². The number of anilines is 1. The van der Waals surface area contributed by atoms with Crippen molar-refractivity contribution in [2.24, 2.45) is 0 Å². The van der Waals surface area contributed by atoms with Crippen molar-refractivity contribution in [2.75, 3.05) is 5.43 Å². The molecule has 2 nitrogen and oxygen atoms in total. The summed E-state index contributed by atoms with van der Waals surface area (Å²) in [6.07, 6.45) is 0. The summed E-state index contributed by atoms with van der Waals surface area (Å²) in [4.78, 5) is 0. The van der Waals surface area contributed by atoms with Crippen molar-refractivity contribution in [2.45, 2.75) is 11.0 Å². The maximum absolute atomic E-state index is 3.30. The molecule has 0 bridgehead atoms. The number of nitrogens with one attached hydrogen (secondary N) is 2. The van der Waals surface area contributed by atoms with E-state index in [2.05, 4.69) is 32.6 Å². The fourth-order valence-electron chi connectivity index (χ4n) is 0.749. The Kier molecular flexibility index (Phi) is 3.55. The van der Waals surface area contributed by atoms with Gasteiger partial charge in [0.1, 0.15) is 0 Å². The normalized spacial score (nSPS) is 9.27. The summed E-state index contributed by atoms with van der Waals surface area (Å²) in [5, 5.41) is 0. The Morgan fingerprint density at radius 3 is 2.27 bits per heavy atom. The standard InChI is InChI=1S/C6H7N2.2CH3.Ga/c7-8-6-4-2-1-3-5-6;;;/h1-5,7-8H;2*1H3;/q-1;;;+1. The van der Waals surface area contributed by atoms with E-state index in [1.54, 1.807) is 0 Å². The van der Waals surface area contributed by atoms with E-state index in [0.29, 0.717) is 0 Å². The van der Waals surface area contributed by atoms with Gasteiger partial charge in [0.15, 0.2) is 0 Å². The van der Waals surface area contributed by atoms with Gasteiger partial charge in [0.05, 0.1) is 0 Å². The topological polar surface area (TPSA) is 24.1 Å². The molecule has 0 saturated heterocycles. The molecule has 58 valence electrons. The molecule has 1 aromatic carbocycles. The van der Waals surface area contributed by atoms with Crippen molar-refractivity contribution in [3.8, 4) is 0 Å². The molecule has 0 aliphatic rings. The summed E-state index contributed by atoms with van der Waals surface area (Å²) in [6, 6.07) is 10.2. The number of benzene rings is 1. The van der Waals surface area contributed by atoms with Crippen LogP contribution in [-0.2, 0) is 0 Å². The molecule has 0 unspecified atom stereocenters. The minimum absolute atomic E-state index is 1.11. The molecule has 0 fully saturated rings. The second kappa shape index (κ2) is 4.49. The van der Waals surface area contributed by atoms with Crippen LogP contribution in [0.25, 0.3) is 0 Å². The van der Waals surface area contributed by atoms with Crippen LogP contribution in [0, 0.1) is 0 Å². The van der Waals surface area contributed by atoms with Gasteiger partial charge >= 0.3 is 73.0 Å². The second-order valence-corrected chi connectivity index (χ2v) is 8.24. The molecule has 0 aromatic heterocycles. The predicted molar refractivity (Wildman–Crippen MR) is 50.7 cm³/mol. The molecule has 0 radical (unpaired) electrons. The third-order valence-corrected chi connectivity index (χ3v) is 2.79. The molecule has 0 heterocycles. The number of hydrogen-bond donors (Lipinski definition) is 2. The van der Waals surface area contributed by atoms with Gasteiger partial charge in [-0.15, -0.1) is 0 Å². The van der Waals surface area contributed by atoms with Crippen molar-refractivity contribution in [1.82, 2.24) is 4.13 Å². The summed E-state index contributed by atoms with van der Waals surface area (Å²) in [5.74, 6) is 0. The average Bonchev–Trinajstić information content (AvgIpc) is 2.03. The fourth-order valence-corrected chi connectivity index (χ4v) is 1.70. The first-order valence-electron chi connectivity index (χ1n) is 3.85. The predicted octanol–water partition coefficient (Wildman–Crippen LogP) is 1.85. The van der Waals surface area contributed by atoms with E-state index in [4.69, 9.17) is 0 Å². The fraction of sp³-hybridized carbons (Fsp3) is 0.250. The Morgan fingerprint density at radius 1 is 1.09 bits per heavy atom. The van der Waals surface area contributed by atoms with Gasteiger partial charge in [-0.2, -0.15) is 0 Å². The van der Waals surface area contributed by atoms with Gasteiger partial charge in [0.2, 0.25) is 0 Å². The maximum atomic E-state index is 3.30. The Bertz CT molecular complexity index is 199. The summed E-state index contributed by atoms with van der Waals surface area (Å²) in [6.45, 7) is 0. The van der Waals surface area contributed by atoms with Gasteiger partial charge < -0.3 is 0 Å². The van der Waals surface area contributed by atoms with E-state index >= 15 is 0 Å². The van der Waals surface area contributed by atoms with Gasteiger partial charge in [-0.3, -0.25) is 0 Å². The first kappa shape index (κ1) is 8.71. The molecular formula is C8H13GaN2.